The quantitative estimate of drug-likeness (QED) is 0.235. The molecule has 8 nitrogen and oxygen atoms in total. The lowest BCUT2D eigenvalue weighted by molar-refractivity contribution is 0.00983. The number of anilines is 1. The van der Waals surface area contributed by atoms with Crippen molar-refractivity contribution in [1.82, 2.24) is 5.32 Å². The summed E-state index contributed by atoms with van der Waals surface area (Å²) in [6.45, 7) is 3.74. The van der Waals surface area contributed by atoms with Crippen molar-refractivity contribution in [3.63, 3.8) is 0 Å². The lowest BCUT2D eigenvalue weighted by atomic mass is 9.98. The summed E-state index contributed by atoms with van der Waals surface area (Å²) in [5, 5.41) is 2.73. The van der Waals surface area contributed by atoms with E-state index in [9.17, 15) is 4.79 Å². The zero-order valence-electron chi connectivity index (χ0n) is 20.9. The van der Waals surface area contributed by atoms with E-state index in [0.29, 0.717) is 70.8 Å². The van der Waals surface area contributed by atoms with E-state index in [-0.39, 0.29) is 5.92 Å². The standard InChI is InChI=1S/C29H34N2O6/c30-27-11-5-6-12-28(27)36-20-19-35-18-17-34-16-15-33-14-13-31-29(32)37-21-26-24-9-3-1-7-22(24)23-8-2-4-10-25(23)26/h1-12,26H,13-21,30H2,(H,31,32). The topological polar surface area (TPSA) is 101 Å². The van der Waals surface area contributed by atoms with Crippen LogP contribution in [0.5, 0.6) is 5.75 Å². The van der Waals surface area contributed by atoms with E-state index >= 15 is 0 Å². The van der Waals surface area contributed by atoms with Gasteiger partial charge in [0.05, 0.1) is 45.3 Å². The number of hydrogen-bond acceptors (Lipinski definition) is 7. The molecule has 3 aromatic rings. The Morgan fingerprint density at radius 1 is 0.703 bits per heavy atom. The molecule has 4 rings (SSSR count). The number of nitrogen functional groups attached to an aromatic ring is 1. The Morgan fingerprint density at radius 3 is 1.89 bits per heavy atom. The predicted octanol–water partition coefficient (Wildman–Crippen LogP) is 4.24. The van der Waals surface area contributed by atoms with Gasteiger partial charge in [0.2, 0.25) is 0 Å². The van der Waals surface area contributed by atoms with E-state index in [1.807, 2.05) is 42.5 Å². The van der Waals surface area contributed by atoms with Gasteiger partial charge in [0, 0.05) is 12.5 Å². The van der Waals surface area contributed by atoms with Gasteiger partial charge in [-0.25, -0.2) is 4.79 Å². The molecule has 37 heavy (non-hydrogen) atoms. The molecule has 0 spiro atoms. The molecule has 0 aliphatic heterocycles. The summed E-state index contributed by atoms with van der Waals surface area (Å²) in [7, 11) is 0. The highest BCUT2D eigenvalue weighted by atomic mass is 16.6. The second kappa shape index (κ2) is 14.2. The first-order chi connectivity index (χ1) is 18.2. The third-order valence-corrected chi connectivity index (χ3v) is 6.01. The number of nitrogens with two attached hydrogens (primary N) is 1. The largest absolute Gasteiger partial charge is 0.489 e. The van der Waals surface area contributed by atoms with E-state index in [4.69, 9.17) is 29.4 Å². The van der Waals surface area contributed by atoms with E-state index in [1.54, 1.807) is 6.07 Å². The summed E-state index contributed by atoms with van der Waals surface area (Å²) in [4.78, 5) is 12.2. The number of carbonyl (C=O) groups excluding carboxylic acids is 1. The Morgan fingerprint density at radius 2 is 1.24 bits per heavy atom. The van der Waals surface area contributed by atoms with Crippen LogP contribution in [0.25, 0.3) is 11.1 Å². The molecule has 3 N–H and O–H groups in total. The fourth-order valence-electron chi connectivity index (χ4n) is 4.24. The monoisotopic (exact) mass is 506 g/mol. The van der Waals surface area contributed by atoms with E-state index < -0.39 is 6.09 Å². The van der Waals surface area contributed by atoms with Crippen LogP contribution in [-0.4, -0.2) is 65.5 Å². The SMILES string of the molecule is Nc1ccccc1OCCOCCOCCOCCNC(=O)OCC1c2ccccc2-c2ccccc21. The number of nitrogens with one attached hydrogen (secondary N) is 1. The maximum absolute atomic E-state index is 12.2. The van der Waals surface area contributed by atoms with Crippen molar-refractivity contribution in [2.45, 2.75) is 5.92 Å². The van der Waals surface area contributed by atoms with Crippen LogP contribution >= 0.6 is 0 Å². The summed E-state index contributed by atoms with van der Waals surface area (Å²) in [5.41, 5.74) is 11.2. The van der Waals surface area contributed by atoms with Crippen LogP contribution in [0.2, 0.25) is 0 Å². The average Bonchev–Trinajstić information content (AvgIpc) is 3.24. The number of rotatable bonds is 15. The number of ether oxygens (including phenoxy) is 5. The normalized spacial score (nSPS) is 12.1. The molecule has 1 aliphatic rings. The maximum atomic E-state index is 12.2. The van der Waals surface area contributed by atoms with Gasteiger partial charge >= 0.3 is 6.09 Å². The van der Waals surface area contributed by atoms with Crippen LogP contribution in [0.1, 0.15) is 17.0 Å². The summed E-state index contributed by atoms with van der Waals surface area (Å²) >= 11 is 0. The van der Waals surface area contributed by atoms with Gasteiger partial charge in [0.25, 0.3) is 0 Å². The molecule has 1 amide bonds. The van der Waals surface area contributed by atoms with Gasteiger partial charge in [-0.1, -0.05) is 60.7 Å². The zero-order chi connectivity index (χ0) is 25.7. The first-order valence-electron chi connectivity index (χ1n) is 12.5. The van der Waals surface area contributed by atoms with Crippen molar-refractivity contribution in [2.24, 2.45) is 0 Å². The van der Waals surface area contributed by atoms with Crippen molar-refractivity contribution in [2.75, 3.05) is 65.1 Å². The summed E-state index contributed by atoms with van der Waals surface area (Å²) in [6.07, 6.45) is -0.446. The molecule has 0 aromatic heterocycles. The van der Waals surface area contributed by atoms with Crippen LogP contribution in [-0.2, 0) is 18.9 Å². The minimum Gasteiger partial charge on any atom is -0.489 e. The first-order valence-corrected chi connectivity index (χ1v) is 12.5. The van der Waals surface area contributed by atoms with Crippen molar-refractivity contribution in [3.05, 3.63) is 83.9 Å². The predicted molar refractivity (Wildman–Crippen MR) is 142 cm³/mol. The fraction of sp³-hybridized carbons (Fsp3) is 0.345. The highest BCUT2D eigenvalue weighted by Gasteiger charge is 2.28. The van der Waals surface area contributed by atoms with Crippen LogP contribution in [0.15, 0.2) is 72.8 Å². The lowest BCUT2D eigenvalue weighted by Gasteiger charge is -2.14. The molecule has 8 heteroatoms. The number of para-hydroxylation sites is 2. The third kappa shape index (κ3) is 7.69. The molecule has 1 aliphatic carbocycles. The van der Waals surface area contributed by atoms with Gasteiger partial charge in [-0.05, 0) is 34.4 Å². The number of carbonyl (C=O) groups is 1. The van der Waals surface area contributed by atoms with Gasteiger partial charge in [-0.3, -0.25) is 0 Å². The third-order valence-electron chi connectivity index (χ3n) is 6.01. The molecule has 3 aromatic carbocycles. The maximum Gasteiger partial charge on any atom is 0.407 e. The molecule has 0 saturated carbocycles. The Labute approximate surface area is 217 Å². The number of fused-ring (bicyclic) bond motifs is 3. The van der Waals surface area contributed by atoms with Crippen molar-refractivity contribution in [3.8, 4) is 16.9 Å². The number of benzene rings is 3. The zero-order valence-corrected chi connectivity index (χ0v) is 20.9. The fourth-order valence-corrected chi connectivity index (χ4v) is 4.24. The Hall–Kier alpha value is -3.59. The minimum absolute atomic E-state index is 0.0470. The second-order valence-corrected chi connectivity index (χ2v) is 8.48. The van der Waals surface area contributed by atoms with Gasteiger partial charge in [0.15, 0.2) is 0 Å². The average molecular weight is 507 g/mol. The Balaban J connectivity index is 0.986. The van der Waals surface area contributed by atoms with E-state index in [0.717, 1.165) is 0 Å². The molecule has 0 radical (unpaired) electrons. The molecule has 0 heterocycles. The Kier molecular flexibility index (Phi) is 10.2. The van der Waals surface area contributed by atoms with Gasteiger partial charge < -0.3 is 34.7 Å². The number of hydrogen-bond donors (Lipinski definition) is 2. The van der Waals surface area contributed by atoms with Crippen molar-refractivity contribution >= 4 is 11.8 Å². The summed E-state index contributed by atoms with van der Waals surface area (Å²) < 4.78 is 27.5. The molecule has 0 unspecified atom stereocenters. The lowest BCUT2D eigenvalue weighted by Crippen LogP contribution is -2.29. The molecular formula is C29H34N2O6. The van der Waals surface area contributed by atoms with Crippen LogP contribution in [0.3, 0.4) is 0 Å². The molecule has 0 saturated heterocycles. The van der Waals surface area contributed by atoms with Crippen LogP contribution in [0, 0.1) is 0 Å². The van der Waals surface area contributed by atoms with Crippen LogP contribution < -0.4 is 15.8 Å². The highest BCUT2D eigenvalue weighted by Crippen LogP contribution is 2.44. The molecule has 0 fully saturated rings. The van der Waals surface area contributed by atoms with Crippen molar-refractivity contribution < 1.29 is 28.5 Å². The van der Waals surface area contributed by atoms with Crippen LogP contribution in [0.4, 0.5) is 10.5 Å². The molecule has 0 bridgehead atoms. The van der Waals surface area contributed by atoms with Crippen molar-refractivity contribution in [1.29, 1.82) is 0 Å². The van der Waals surface area contributed by atoms with E-state index in [2.05, 4.69) is 29.6 Å². The minimum atomic E-state index is -0.446. The number of alkyl carbamates (subject to hydrolysis) is 1. The Bertz CT molecular complexity index is 1090. The summed E-state index contributed by atoms with van der Waals surface area (Å²) in [6, 6.07) is 23.9. The van der Waals surface area contributed by atoms with Gasteiger partial charge in [-0.2, -0.15) is 0 Å². The van der Waals surface area contributed by atoms with Gasteiger partial charge in [-0.15, -0.1) is 0 Å². The second-order valence-electron chi connectivity index (χ2n) is 8.48. The molecule has 0 atom stereocenters. The van der Waals surface area contributed by atoms with Gasteiger partial charge in [0.1, 0.15) is 19.0 Å². The number of amides is 1. The smallest absolute Gasteiger partial charge is 0.407 e. The summed E-state index contributed by atoms with van der Waals surface area (Å²) in [5.74, 6) is 0.707. The first kappa shape index (κ1) is 26.5. The molecule has 196 valence electrons. The molecular weight excluding hydrogens is 472 g/mol. The van der Waals surface area contributed by atoms with E-state index in [1.165, 1.54) is 22.3 Å². The highest BCUT2D eigenvalue weighted by molar-refractivity contribution is 5.79.